The molecule has 0 aromatic carbocycles. The van der Waals surface area contributed by atoms with Gasteiger partial charge in [0.15, 0.2) is 0 Å². The summed E-state index contributed by atoms with van der Waals surface area (Å²) in [6.07, 6.45) is 0.138. The summed E-state index contributed by atoms with van der Waals surface area (Å²) in [5, 5.41) is 8.82. The van der Waals surface area contributed by atoms with Gasteiger partial charge in [-0.1, -0.05) is 12.2 Å². The number of amides is 1. The molecule has 0 aliphatic rings. The van der Waals surface area contributed by atoms with Gasteiger partial charge in [0.25, 0.3) is 0 Å². The fourth-order valence-electron chi connectivity index (χ4n) is 0.895. The average molecular weight is 236 g/mol. The summed E-state index contributed by atoms with van der Waals surface area (Å²) in [5.74, 6) is -1.58. The first-order valence-electron chi connectivity index (χ1n) is 3.83. The van der Waals surface area contributed by atoms with Gasteiger partial charge in [0.1, 0.15) is 10.4 Å². The van der Waals surface area contributed by atoms with Crippen molar-refractivity contribution < 1.29 is 14.7 Å². The maximum absolute atomic E-state index is 10.8. The quantitative estimate of drug-likeness (QED) is 0.457. The topological polar surface area (TPSA) is 83.6 Å². The van der Waals surface area contributed by atoms with Crippen molar-refractivity contribution in [3.8, 4) is 0 Å². The Labute approximate surface area is 92.7 Å². The summed E-state index contributed by atoms with van der Waals surface area (Å²) in [6.45, 7) is 0. The maximum atomic E-state index is 10.8. The van der Waals surface area contributed by atoms with Gasteiger partial charge in [0.2, 0.25) is 5.91 Å². The maximum Gasteiger partial charge on any atom is 0.326 e. The number of hydrogen-bond donors (Lipinski definition) is 3. The van der Waals surface area contributed by atoms with Crippen LogP contribution in [0.15, 0.2) is 0 Å². The summed E-state index contributed by atoms with van der Waals surface area (Å²) < 4.78 is 0.168. The number of carboxylic acid groups (broad SMARTS) is 1. The van der Waals surface area contributed by atoms with E-state index in [-0.39, 0.29) is 17.2 Å². The first kappa shape index (κ1) is 13.2. The van der Waals surface area contributed by atoms with E-state index < -0.39 is 17.9 Å². The minimum absolute atomic E-state index is 0.0116. The molecular formula is C7H12N2O3S2. The van der Waals surface area contributed by atoms with Crippen LogP contribution in [-0.2, 0) is 9.59 Å². The van der Waals surface area contributed by atoms with E-state index in [2.05, 4.69) is 12.6 Å². The fraction of sp³-hybridized carbons (Fsp3) is 0.571. The molecule has 0 fully saturated rings. The van der Waals surface area contributed by atoms with E-state index in [9.17, 15) is 9.59 Å². The molecule has 0 radical (unpaired) electrons. The van der Waals surface area contributed by atoms with Crippen molar-refractivity contribution in [2.45, 2.75) is 18.9 Å². The predicted octanol–water partition coefficient (Wildman–Crippen LogP) is -0.148. The Morgan fingerprint density at radius 1 is 1.64 bits per heavy atom. The zero-order chi connectivity index (χ0) is 11.3. The van der Waals surface area contributed by atoms with Crippen LogP contribution in [0.1, 0.15) is 12.8 Å². The first-order chi connectivity index (χ1) is 6.36. The normalized spacial score (nSPS) is 11.9. The highest BCUT2D eigenvalue weighted by Crippen LogP contribution is 2.08. The Morgan fingerprint density at radius 2 is 2.14 bits per heavy atom. The molecule has 0 aromatic rings. The van der Waals surface area contributed by atoms with E-state index in [0.717, 1.165) is 0 Å². The Kier molecular flexibility index (Phi) is 5.47. The van der Waals surface area contributed by atoms with Crippen molar-refractivity contribution in [2.24, 2.45) is 5.73 Å². The number of primary amides is 1. The molecule has 0 bridgehead atoms. The molecule has 80 valence electrons. The highest BCUT2D eigenvalue weighted by Gasteiger charge is 2.23. The van der Waals surface area contributed by atoms with Crippen LogP contribution in [0.2, 0.25) is 0 Å². The lowest BCUT2D eigenvalue weighted by molar-refractivity contribution is -0.141. The number of carbonyl (C=O) groups excluding carboxylic acids is 1. The van der Waals surface area contributed by atoms with Gasteiger partial charge in [-0.05, 0) is 6.42 Å². The van der Waals surface area contributed by atoms with Crippen molar-refractivity contribution >= 4 is 41.0 Å². The van der Waals surface area contributed by atoms with Crippen molar-refractivity contribution in [2.75, 3.05) is 7.05 Å². The molecule has 3 N–H and O–H groups in total. The molecule has 0 aromatic heterocycles. The second-order valence-corrected chi connectivity index (χ2v) is 3.87. The molecule has 0 aliphatic carbocycles. The number of thiol groups is 1. The number of aliphatic carboxylic acids is 1. The molecule has 0 aliphatic heterocycles. The number of nitrogens with two attached hydrogens (primary N) is 1. The van der Waals surface area contributed by atoms with E-state index in [1.807, 2.05) is 0 Å². The summed E-state index contributed by atoms with van der Waals surface area (Å²) in [7, 11) is 1.51. The van der Waals surface area contributed by atoms with Gasteiger partial charge in [-0.25, -0.2) is 4.79 Å². The van der Waals surface area contributed by atoms with E-state index in [0.29, 0.717) is 0 Å². The van der Waals surface area contributed by atoms with E-state index in [1.54, 1.807) is 0 Å². The number of likely N-dealkylation sites (N-methyl/N-ethyl adjacent to an activating group) is 1. The van der Waals surface area contributed by atoms with Crippen LogP contribution in [0.3, 0.4) is 0 Å². The van der Waals surface area contributed by atoms with Gasteiger partial charge in [-0.3, -0.25) is 4.79 Å². The number of hydrogen-bond acceptors (Lipinski definition) is 3. The Balaban J connectivity index is 4.37. The molecular weight excluding hydrogens is 224 g/mol. The van der Waals surface area contributed by atoms with Crippen molar-refractivity contribution in [1.82, 2.24) is 4.90 Å². The van der Waals surface area contributed by atoms with Gasteiger partial charge in [-0.15, -0.1) is 12.6 Å². The van der Waals surface area contributed by atoms with Crippen LogP contribution in [0.5, 0.6) is 0 Å². The highest BCUT2D eigenvalue weighted by molar-refractivity contribution is 8.10. The lowest BCUT2D eigenvalue weighted by Gasteiger charge is -2.24. The highest BCUT2D eigenvalue weighted by atomic mass is 32.1. The van der Waals surface area contributed by atoms with E-state index >= 15 is 0 Å². The molecule has 0 spiro atoms. The second kappa shape index (κ2) is 5.82. The third-order valence-corrected chi connectivity index (χ3v) is 2.32. The second-order valence-electron chi connectivity index (χ2n) is 2.75. The summed E-state index contributed by atoms with van der Waals surface area (Å²) in [4.78, 5) is 22.6. The number of thiocarbonyl (C=S) groups is 1. The molecule has 1 atom stereocenters. The largest absolute Gasteiger partial charge is 0.480 e. The van der Waals surface area contributed by atoms with Gasteiger partial charge in [0, 0.05) is 13.5 Å². The third-order valence-electron chi connectivity index (χ3n) is 1.72. The van der Waals surface area contributed by atoms with Crippen LogP contribution in [0.25, 0.3) is 0 Å². The molecule has 7 heteroatoms. The lowest BCUT2D eigenvalue weighted by atomic mass is 10.1. The van der Waals surface area contributed by atoms with Crippen molar-refractivity contribution in [3.63, 3.8) is 0 Å². The smallest absolute Gasteiger partial charge is 0.326 e. The minimum Gasteiger partial charge on any atom is -0.480 e. The number of carboxylic acids is 1. The van der Waals surface area contributed by atoms with Crippen LogP contribution < -0.4 is 5.73 Å². The van der Waals surface area contributed by atoms with Crippen molar-refractivity contribution in [1.29, 1.82) is 0 Å². The summed E-state index contributed by atoms with van der Waals surface area (Å²) >= 11 is 8.55. The molecule has 0 rings (SSSR count). The molecule has 0 unspecified atom stereocenters. The van der Waals surface area contributed by atoms with Gasteiger partial charge >= 0.3 is 5.97 Å². The summed E-state index contributed by atoms with van der Waals surface area (Å²) in [5.41, 5.74) is 4.91. The standard InChI is InChI=1S/C7H12N2O3S2/c1-9(7(13)14)4(6(11)12)2-3-5(8)10/h4H,2-3H2,1H3,(H2,8,10)(H,11,12)(H,13,14)/t4-/m1/s1. The molecule has 0 saturated heterocycles. The van der Waals surface area contributed by atoms with Gasteiger partial charge in [0.05, 0.1) is 0 Å². The number of carbonyl (C=O) groups is 2. The van der Waals surface area contributed by atoms with E-state index in [4.69, 9.17) is 23.1 Å². The number of rotatable bonds is 5. The van der Waals surface area contributed by atoms with Gasteiger partial charge < -0.3 is 15.7 Å². The fourth-order valence-corrected chi connectivity index (χ4v) is 1.16. The molecule has 1 amide bonds. The SMILES string of the molecule is CN(C(=S)S)[C@H](CCC(N)=O)C(=O)O. The van der Waals surface area contributed by atoms with Crippen molar-refractivity contribution in [3.05, 3.63) is 0 Å². The zero-order valence-corrected chi connectivity index (χ0v) is 9.35. The summed E-state index contributed by atoms with van der Waals surface area (Å²) in [6, 6.07) is -0.854. The molecule has 0 heterocycles. The minimum atomic E-state index is -1.05. The molecule has 0 saturated carbocycles. The lowest BCUT2D eigenvalue weighted by Crippen LogP contribution is -2.40. The monoisotopic (exact) mass is 236 g/mol. The van der Waals surface area contributed by atoms with Crippen LogP contribution in [0.4, 0.5) is 0 Å². The Morgan fingerprint density at radius 3 is 2.43 bits per heavy atom. The predicted molar refractivity (Wildman–Crippen MR) is 59.2 cm³/mol. The van der Waals surface area contributed by atoms with Crippen LogP contribution >= 0.6 is 24.8 Å². The zero-order valence-electron chi connectivity index (χ0n) is 7.64. The molecule has 5 nitrogen and oxygen atoms in total. The number of nitrogens with zero attached hydrogens (tertiary/aromatic N) is 1. The first-order valence-corrected chi connectivity index (χ1v) is 4.68. The Hall–Kier alpha value is -0.820. The molecule has 14 heavy (non-hydrogen) atoms. The third kappa shape index (κ3) is 4.43. The van der Waals surface area contributed by atoms with Crippen LogP contribution in [0, 0.1) is 0 Å². The average Bonchev–Trinajstić information content (AvgIpc) is 2.02. The van der Waals surface area contributed by atoms with Crippen LogP contribution in [-0.4, -0.2) is 39.3 Å². The van der Waals surface area contributed by atoms with Gasteiger partial charge in [-0.2, -0.15) is 0 Å². The Bertz CT molecular complexity index is 257. The van der Waals surface area contributed by atoms with E-state index in [1.165, 1.54) is 11.9 Å².